The van der Waals surface area contributed by atoms with Crippen LogP contribution in [0.3, 0.4) is 0 Å². The Bertz CT molecular complexity index is 1450. The van der Waals surface area contributed by atoms with Gasteiger partial charge in [-0.25, -0.2) is 14.4 Å². The lowest BCUT2D eigenvalue weighted by Gasteiger charge is -2.36. The highest BCUT2D eigenvalue weighted by Gasteiger charge is 2.46. The van der Waals surface area contributed by atoms with Gasteiger partial charge in [-0.05, 0) is 72.1 Å². The van der Waals surface area contributed by atoms with Crippen LogP contribution < -0.4 is 0 Å². The van der Waals surface area contributed by atoms with E-state index in [0.29, 0.717) is 11.1 Å². The van der Waals surface area contributed by atoms with Crippen LogP contribution >= 0.6 is 0 Å². The summed E-state index contributed by atoms with van der Waals surface area (Å²) in [6, 6.07) is 26.2. The number of Topliss-reactive ketones (excluding diaryl/α,β-unsaturated/α-hetero) is 2. The Balaban J connectivity index is 0.000000385. The second-order valence-electron chi connectivity index (χ2n) is 13.7. The molecule has 50 heavy (non-hydrogen) atoms. The molecule has 0 aliphatic rings. The van der Waals surface area contributed by atoms with Crippen LogP contribution in [-0.4, -0.2) is 67.2 Å². The molecule has 0 heterocycles. The maximum Gasteiger partial charge on any atom is 0.341 e. The van der Waals surface area contributed by atoms with Crippen molar-refractivity contribution >= 4 is 29.5 Å². The van der Waals surface area contributed by atoms with Crippen molar-refractivity contribution in [1.29, 1.82) is 0 Å². The van der Waals surface area contributed by atoms with Crippen LogP contribution in [0, 0.1) is 0 Å². The van der Waals surface area contributed by atoms with E-state index in [1.807, 2.05) is 18.2 Å². The summed E-state index contributed by atoms with van der Waals surface area (Å²) in [5, 5.41) is 36.6. The Morgan fingerprint density at radius 1 is 0.560 bits per heavy atom. The molecule has 0 aliphatic heterocycles. The van der Waals surface area contributed by atoms with E-state index in [1.54, 1.807) is 114 Å². The van der Waals surface area contributed by atoms with E-state index in [1.165, 1.54) is 13.8 Å². The van der Waals surface area contributed by atoms with Gasteiger partial charge >= 0.3 is 17.9 Å². The normalized spacial score (nSPS) is 14.2. The van der Waals surface area contributed by atoms with Crippen LogP contribution in [0.15, 0.2) is 91.0 Å². The maximum atomic E-state index is 11.8. The average molecular weight is 695 g/mol. The van der Waals surface area contributed by atoms with Crippen molar-refractivity contribution in [2.45, 2.75) is 103 Å². The van der Waals surface area contributed by atoms with Gasteiger partial charge < -0.3 is 29.9 Å². The topological polar surface area (TPSA) is 185 Å². The second-order valence-corrected chi connectivity index (χ2v) is 13.7. The number of benzene rings is 3. The third-order valence-corrected chi connectivity index (χ3v) is 6.68. The molecule has 0 radical (unpaired) electrons. The van der Waals surface area contributed by atoms with Gasteiger partial charge in [-0.2, -0.15) is 0 Å². The minimum atomic E-state index is -1.63. The second kappa shape index (κ2) is 18.9. The lowest BCUT2D eigenvalue weighted by atomic mass is 9.87. The first-order valence-electron chi connectivity index (χ1n) is 16.0. The van der Waals surface area contributed by atoms with Crippen LogP contribution in [0.4, 0.5) is 0 Å². The Morgan fingerprint density at radius 2 is 0.860 bits per heavy atom. The molecule has 11 nitrogen and oxygen atoms in total. The Morgan fingerprint density at radius 3 is 1.10 bits per heavy atom. The molecular weight excluding hydrogens is 644 g/mol. The molecule has 0 fully saturated rings. The molecule has 0 spiro atoms. The minimum absolute atomic E-state index is 0.163. The lowest BCUT2D eigenvalue weighted by molar-refractivity contribution is -0.190. The molecular formula is C39H50O11. The molecule has 3 atom stereocenters. The maximum absolute atomic E-state index is 11.8. The van der Waals surface area contributed by atoms with Gasteiger partial charge in [0.25, 0.3) is 0 Å². The number of aliphatic hydroxyl groups excluding tert-OH is 1. The highest BCUT2D eigenvalue weighted by atomic mass is 16.6. The van der Waals surface area contributed by atoms with Gasteiger partial charge in [0.1, 0.15) is 11.6 Å². The summed E-state index contributed by atoms with van der Waals surface area (Å²) in [6.45, 7) is 13.4. The minimum Gasteiger partial charge on any atom is -0.479 e. The van der Waals surface area contributed by atoms with Crippen LogP contribution in [0.1, 0.15) is 84.9 Å². The van der Waals surface area contributed by atoms with Gasteiger partial charge in [0.2, 0.25) is 0 Å². The molecule has 4 N–H and O–H groups in total. The largest absolute Gasteiger partial charge is 0.479 e. The van der Waals surface area contributed by atoms with Crippen molar-refractivity contribution in [2.24, 2.45) is 0 Å². The fourth-order valence-electron chi connectivity index (χ4n) is 4.97. The van der Waals surface area contributed by atoms with Crippen LogP contribution in [0.25, 0.3) is 0 Å². The molecule has 3 aromatic carbocycles. The number of carbonyl (C=O) groups excluding carboxylic acids is 2. The van der Waals surface area contributed by atoms with E-state index >= 15 is 0 Å². The number of ether oxygens (including phenoxy) is 2. The number of hydrogen-bond donors (Lipinski definition) is 4. The SMILES string of the molecule is CC(=O)CC(OC(C)(C)C)(C(=O)O)c1ccccc1.CC(=O)CC(OC(C)(C)C)(C(=O)O)c1ccccc1.O=C(O)C(O)Cc1ccccc1. The molecule has 0 saturated heterocycles. The zero-order valence-electron chi connectivity index (χ0n) is 30.0. The molecule has 272 valence electrons. The molecule has 0 aliphatic carbocycles. The van der Waals surface area contributed by atoms with E-state index < -0.39 is 46.4 Å². The Labute approximate surface area is 293 Å². The smallest absolute Gasteiger partial charge is 0.341 e. The highest BCUT2D eigenvalue weighted by molar-refractivity contribution is 5.89. The third-order valence-electron chi connectivity index (χ3n) is 6.68. The number of carboxylic acid groups (broad SMARTS) is 3. The predicted octanol–water partition coefficient (Wildman–Crippen LogP) is 6.20. The van der Waals surface area contributed by atoms with E-state index in [-0.39, 0.29) is 30.8 Å². The lowest BCUT2D eigenvalue weighted by Crippen LogP contribution is -2.45. The summed E-state index contributed by atoms with van der Waals surface area (Å²) >= 11 is 0. The number of carbonyl (C=O) groups is 5. The molecule has 3 unspecified atom stereocenters. The molecule has 11 heteroatoms. The quantitative estimate of drug-likeness (QED) is 0.160. The zero-order valence-corrected chi connectivity index (χ0v) is 30.0. The summed E-state index contributed by atoms with van der Waals surface area (Å²) in [4.78, 5) is 56.7. The van der Waals surface area contributed by atoms with Gasteiger partial charge in [-0.3, -0.25) is 9.59 Å². The summed E-state index contributed by atoms with van der Waals surface area (Å²) in [6.07, 6.45) is -1.52. The fourth-order valence-corrected chi connectivity index (χ4v) is 4.97. The first kappa shape index (κ1) is 43.3. The first-order valence-corrected chi connectivity index (χ1v) is 16.0. The van der Waals surface area contributed by atoms with Crippen molar-refractivity contribution < 1.29 is 53.9 Å². The molecule has 0 saturated carbocycles. The Kier molecular flexibility index (Phi) is 16.4. The van der Waals surface area contributed by atoms with E-state index in [2.05, 4.69) is 0 Å². The summed E-state index contributed by atoms with van der Waals surface area (Å²) in [7, 11) is 0. The average Bonchev–Trinajstić information content (AvgIpc) is 3.00. The van der Waals surface area contributed by atoms with E-state index in [4.69, 9.17) is 19.7 Å². The highest BCUT2D eigenvalue weighted by Crippen LogP contribution is 2.36. The number of ketones is 2. The van der Waals surface area contributed by atoms with Gasteiger partial charge in [0, 0.05) is 6.42 Å². The molecule has 0 bridgehead atoms. The standard InChI is InChI=1S/2C15H20O4.C9H10O3/c2*1-11(16)10-15(13(17)18,19-14(2,3)4)12-8-6-5-7-9-12;10-8(9(11)12)6-7-4-2-1-3-5-7/h2*5-9H,10H2,1-4H3,(H,17,18);1-5,8,10H,6H2,(H,11,12). The van der Waals surface area contributed by atoms with Crippen LogP contribution in [-0.2, 0) is 51.1 Å². The molecule has 3 rings (SSSR count). The Hall–Kier alpha value is -4.71. The number of aliphatic carboxylic acids is 3. The van der Waals surface area contributed by atoms with Crippen molar-refractivity contribution in [2.75, 3.05) is 0 Å². The summed E-state index contributed by atoms with van der Waals surface area (Å²) in [5.74, 6) is -3.93. The third kappa shape index (κ3) is 14.4. The molecule has 3 aromatic rings. The number of aliphatic hydroxyl groups is 1. The summed E-state index contributed by atoms with van der Waals surface area (Å²) < 4.78 is 11.5. The fraction of sp³-hybridized carbons (Fsp3) is 0.410. The van der Waals surface area contributed by atoms with Crippen LogP contribution in [0.2, 0.25) is 0 Å². The number of rotatable bonds is 13. The zero-order chi connectivity index (χ0) is 38.3. The predicted molar refractivity (Wildman–Crippen MR) is 188 cm³/mol. The van der Waals surface area contributed by atoms with Crippen molar-refractivity contribution in [3.8, 4) is 0 Å². The van der Waals surface area contributed by atoms with Gasteiger partial charge in [0.05, 0.1) is 24.0 Å². The van der Waals surface area contributed by atoms with E-state index in [9.17, 15) is 34.2 Å². The van der Waals surface area contributed by atoms with Gasteiger partial charge in [0.15, 0.2) is 17.3 Å². The van der Waals surface area contributed by atoms with E-state index in [0.717, 1.165) is 5.56 Å². The number of carboxylic acids is 3. The van der Waals surface area contributed by atoms with Crippen molar-refractivity contribution in [3.63, 3.8) is 0 Å². The van der Waals surface area contributed by atoms with Crippen molar-refractivity contribution in [1.82, 2.24) is 0 Å². The van der Waals surface area contributed by atoms with Gasteiger partial charge in [-0.1, -0.05) is 91.0 Å². The molecule has 0 aromatic heterocycles. The van der Waals surface area contributed by atoms with Crippen LogP contribution in [0.5, 0.6) is 0 Å². The first-order chi connectivity index (χ1) is 23.0. The number of hydrogen-bond acceptors (Lipinski definition) is 8. The van der Waals surface area contributed by atoms with Crippen molar-refractivity contribution in [3.05, 3.63) is 108 Å². The monoisotopic (exact) mass is 694 g/mol. The summed E-state index contributed by atoms with van der Waals surface area (Å²) in [5.41, 5.74) is -2.84. The van der Waals surface area contributed by atoms with Gasteiger partial charge in [-0.15, -0.1) is 0 Å². The molecule has 0 amide bonds.